The van der Waals surface area contributed by atoms with E-state index in [1.54, 1.807) is 30.3 Å². The van der Waals surface area contributed by atoms with Crippen molar-refractivity contribution in [2.45, 2.75) is 17.5 Å². The molecule has 0 spiro atoms. The Morgan fingerprint density at radius 2 is 1.55 bits per heavy atom. The number of nitrogens with zero attached hydrogens (tertiary/aromatic N) is 1. The molecule has 0 aliphatic carbocycles. The fraction of sp³-hybridized carbons (Fsp3) is 0.0952. The van der Waals surface area contributed by atoms with Crippen LogP contribution < -0.4 is 9.46 Å². The molecule has 148 valence electrons. The van der Waals surface area contributed by atoms with Gasteiger partial charge < -0.3 is 4.74 Å². The van der Waals surface area contributed by atoms with E-state index in [-0.39, 0.29) is 16.2 Å². The smallest absolute Gasteiger partial charge is 0.387 e. The highest BCUT2D eigenvalue weighted by Crippen LogP contribution is 2.27. The van der Waals surface area contributed by atoms with Crippen molar-refractivity contribution in [3.05, 3.63) is 95.6 Å². The van der Waals surface area contributed by atoms with E-state index in [2.05, 4.69) is 9.46 Å². The number of ether oxygens (including phenoxy) is 1. The summed E-state index contributed by atoms with van der Waals surface area (Å²) in [4.78, 5) is -0.0462. The highest BCUT2D eigenvalue weighted by molar-refractivity contribution is 7.89. The first-order chi connectivity index (χ1) is 13.9. The molecule has 0 bridgehead atoms. The third kappa shape index (κ3) is 5.16. The molecule has 0 amide bonds. The Bertz CT molecular complexity index is 1110. The predicted octanol–water partition coefficient (Wildman–Crippen LogP) is 4.23. The van der Waals surface area contributed by atoms with E-state index in [1.165, 1.54) is 48.5 Å². The minimum absolute atomic E-state index is 0.0276. The van der Waals surface area contributed by atoms with Crippen LogP contribution in [0.3, 0.4) is 0 Å². The molecule has 0 heterocycles. The summed E-state index contributed by atoms with van der Waals surface area (Å²) in [5, 5.41) is 9.02. The van der Waals surface area contributed by atoms with Gasteiger partial charge in [-0.15, -0.1) is 0 Å². The molecule has 0 aliphatic heterocycles. The molecule has 0 radical (unpaired) electrons. The largest absolute Gasteiger partial charge is 0.435 e. The molecule has 1 N–H and O–H groups in total. The second-order valence-electron chi connectivity index (χ2n) is 6.05. The van der Waals surface area contributed by atoms with Gasteiger partial charge >= 0.3 is 6.61 Å². The zero-order valence-electron chi connectivity index (χ0n) is 15.0. The van der Waals surface area contributed by atoms with E-state index < -0.39 is 22.7 Å². The van der Waals surface area contributed by atoms with Crippen LogP contribution in [0.4, 0.5) is 8.78 Å². The first kappa shape index (κ1) is 20.5. The zero-order valence-corrected chi connectivity index (χ0v) is 15.8. The zero-order chi connectivity index (χ0) is 20.9. The van der Waals surface area contributed by atoms with Gasteiger partial charge in [0, 0.05) is 0 Å². The monoisotopic (exact) mass is 414 g/mol. The van der Waals surface area contributed by atoms with Crippen molar-refractivity contribution in [1.29, 1.82) is 5.26 Å². The Morgan fingerprint density at radius 1 is 0.897 bits per heavy atom. The highest BCUT2D eigenvalue weighted by Gasteiger charge is 2.23. The van der Waals surface area contributed by atoms with E-state index >= 15 is 0 Å². The molecule has 1 atom stereocenters. The highest BCUT2D eigenvalue weighted by atomic mass is 32.2. The van der Waals surface area contributed by atoms with Gasteiger partial charge in [0.2, 0.25) is 10.0 Å². The van der Waals surface area contributed by atoms with E-state index in [1.807, 2.05) is 6.07 Å². The van der Waals surface area contributed by atoms with Crippen LogP contribution >= 0.6 is 0 Å². The van der Waals surface area contributed by atoms with Gasteiger partial charge in [-0.25, -0.2) is 8.42 Å². The Balaban J connectivity index is 1.97. The average molecular weight is 414 g/mol. The molecule has 0 unspecified atom stereocenters. The second-order valence-corrected chi connectivity index (χ2v) is 7.77. The van der Waals surface area contributed by atoms with Crippen LogP contribution in [0.2, 0.25) is 0 Å². The lowest BCUT2D eigenvalue weighted by Gasteiger charge is -2.20. The number of alkyl halides is 2. The number of nitriles is 1. The molecule has 0 saturated carbocycles. The van der Waals surface area contributed by atoms with Crippen molar-refractivity contribution >= 4 is 10.0 Å². The summed E-state index contributed by atoms with van der Waals surface area (Å²) in [6, 6.07) is 21.4. The van der Waals surface area contributed by atoms with Crippen LogP contribution in [0, 0.1) is 11.3 Å². The standard InChI is InChI=1S/C21H16F2N2O3S/c22-21(23)28-18-11-9-17(10-12-18)20(16-6-2-1-3-7-16)25-29(26,27)19-8-4-5-15(13-19)14-24/h1-13,20-21,25H/t20-/m0/s1. The van der Waals surface area contributed by atoms with Gasteiger partial charge in [0.1, 0.15) is 5.75 Å². The quantitative estimate of drug-likeness (QED) is 0.628. The van der Waals surface area contributed by atoms with E-state index in [0.717, 1.165) is 0 Å². The number of hydrogen-bond acceptors (Lipinski definition) is 4. The minimum Gasteiger partial charge on any atom is -0.435 e. The minimum atomic E-state index is -3.97. The molecule has 3 aromatic rings. The summed E-state index contributed by atoms with van der Waals surface area (Å²) in [6.45, 7) is -2.95. The van der Waals surface area contributed by atoms with Gasteiger partial charge in [-0.3, -0.25) is 0 Å². The summed E-state index contributed by atoms with van der Waals surface area (Å²) >= 11 is 0. The molecule has 0 fully saturated rings. The fourth-order valence-electron chi connectivity index (χ4n) is 2.77. The molecule has 3 rings (SSSR count). The number of benzene rings is 3. The van der Waals surface area contributed by atoms with E-state index in [0.29, 0.717) is 11.1 Å². The van der Waals surface area contributed by atoms with Gasteiger partial charge in [-0.2, -0.15) is 18.8 Å². The number of sulfonamides is 1. The van der Waals surface area contributed by atoms with Crippen molar-refractivity contribution in [3.8, 4) is 11.8 Å². The van der Waals surface area contributed by atoms with Crippen LogP contribution in [-0.2, 0) is 10.0 Å². The third-order valence-corrected chi connectivity index (χ3v) is 5.54. The molecule has 29 heavy (non-hydrogen) atoms. The predicted molar refractivity (Wildman–Crippen MR) is 103 cm³/mol. The number of nitrogens with one attached hydrogen (secondary N) is 1. The maximum absolute atomic E-state index is 12.9. The SMILES string of the molecule is N#Cc1cccc(S(=O)(=O)N[C@@H](c2ccccc2)c2ccc(OC(F)F)cc2)c1. The number of halogens is 2. The number of hydrogen-bond donors (Lipinski definition) is 1. The number of rotatable bonds is 7. The lowest BCUT2D eigenvalue weighted by Crippen LogP contribution is -2.29. The maximum atomic E-state index is 12.9. The van der Waals surface area contributed by atoms with Gasteiger partial charge in [-0.1, -0.05) is 48.5 Å². The summed E-state index contributed by atoms with van der Waals surface area (Å²) in [5.41, 5.74) is 1.42. The van der Waals surface area contributed by atoms with Crippen molar-refractivity contribution in [3.63, 3.8) is 0 Å². The van der Waals surface area contributed by atoms with Gasteiger partial charge in [0.15, 0.2) is 0 Å². The summed E-state index contributed by atoms with van der Waals surface area (Å²) in [5.74, 6) is -0.0276. The van der Waals surface area contributed by atoms with E-state index in [4.69, 9.17) is 5.26 Å². The van der Waals surface area contributed by atoms with Crippen molar-refractivity contribution in [2.75, 3.05) is 0 Å². The molecular weight excluding hydrogens is 398 g/mol. The van der Waals surface area contributed by atoms with E-state index in [9.17, 15) is 17.2 Å². The normalized spacial score (nSPS) is 12.3. The lowest BCUT2D eigenvalue weighted by atomic mass is 10.00. The summed E-state index contributed by atoms with van der Waals surface area (Å²) < 4.78 is 57.6. The lowest BCUT2D eigenvalue weighted by molar-refractivity contribution is -0.0498. The Hall–Kier alpha value is -3.28. The molecule has 5 nitrogen and oxygen atoms in total. The van der Waals surface area contributed by atoms with Crippen molar-refractivity contribution in [1.82, 2.24) is 4.72 Å². The first-order valence-corrected chi connectivity index (χ1v) is 9.99. The molecule has 0 aromatic heterocycles. The van der Waals surface area contributed by atoms with Crippen LogP contribution in [0.5, 0.6) is 5.75 Å². The molecule has 3 aromatic carbocycles. The van der Waals surface area contributed by atoms with Crippen LogP contribution in [0.25, 0.3) is 0 Å². The van der Waals surface area contributed by atoms with Crippen LogP contribution in [0.15, 0.2) is 83.8 Å². The van der Waals surface area contributed by atoms with Gasteiger partial charge in [0.25, 0.3) is 0 Å². The topological polar surface area (TPSA) is 79.2 Å². The molecule has 8 heteroatoms. The van der Waals surface area contributed by atoms with Gasteiger partial charge in [0.05, 0.1) is 22.6 Å². The maximum Gasteiger partial charge on any atom is 0.387 e. The molecule has 0 saturated heterocycles. The molecular formula is C21H16F2N2O3S. The van der Waals surface area contributed by atoms with Gasteiger partial charge in [-0.05, 0) is 41.5 Å². The first-order valence-electron chi connectivity index (χ1n) is 8.51. The Morgan fingerprint density at radius 3 is 2.17 bits per heavy atom. The average Bonchev–Trinajstić information content (AvgIpc) is 2.73. The third-order valence-electron chi connectivity index (χ3n) is 4.12. The van der Waals surface area contributed by atoms with Crippen LogP contribution in [-0.4, -0.2) is 15.0 Å². The van der Waals surface area contributed by atoms with Crippen molar-refractivity contribution < 1.29 is 21.9 Å². The molecule has 0 aliphatic rings. The summed E-state index contributed by atoms with van der Waals surface area (Å²) in [7, 11) is -3.97. The Labute approximate surface area is 167 Å². The fourth-order valence-corrected chi connectivity index (χ4v) is 4.03. The van der Waals surface area contributed by atoms with Crippen molar-refractivity contribution in [2.24, 2.45) is 0 Å². The second kappa shape index (κ2) is 8.82. The Kier molecular flexibility index (Phi) is 6.22. The summed E-state index contributed by atoms with van der Waals surface area (Å²) in [6.07, 6.45) is 0. The van der Waals surface area contributed by atoms with Crippen LogP contribution in [0.1, 0.15) is 22.7 Å².